The van der Waals surface area contributed by atoms with Crippen LogP contribution in [-0.4, -0.2) is 17.6 Å². The van der Waals surface area contributed by atoms with Gasteiger partial charge in [-0.3, -0.25) is 10.1 Å². The zero-order valence-corrected chi connectivity index (χ0v) is 17.4. The second-order valence-electron chi connectivity index (χ2n) is 5.97. The second-order valence-corrected chi connectivity index (χ2v) is 7.16. The Morgan fingerprint density at radius 1 is 1.04 bits per heavy atom. The van der Waals surface area contributed by atoms with E-state index in [1.165, 1.54) is 5.56 Å². The number of halogens is 1. The maximum atomic E-state index is 12.0. The fourth-order valence-corrected chi connectivity index (χ4v) is 3.03. The number of carbonyl (C=O) groups is 1. The monoisotopic (exact) mass is 458 g/mol. The van der Waals surface area contributed by atoms with Gasteiger partial charge < -0.3 is 14.5 Å². The Labute approximate surface area is 177 Å². The van der Waals surface area contributed by atoms with Crippen molar-refractivity contribution in [1.82, 2.24) is 5.32 Å². The lowest BCUT2D eigenvalue weighted by molar-refractivity contribution is 0.0949. The molecule has 1 heterocycles. The van der Waals surface area contributed by atoms with E-state index in [0.29, 0.717) is 11.3 Å². The van der Waals surface area contributed by atoms with Gasteiger partial charge in [0.25, 0.3) is 5.91 Å². The predicted molar refractivity (Wildman–Crippen MR) is 117 cm³/mol. The molecular formula is C21H19BrN2O3S. The second kappa shape index (κ2) is 10.1. The quantitative estimate of drug-likeness (QED) is 0.377. The highest BCUT2D eigenvalue weighted by Crippen LogP contribution is 2.17. The van der Waals surface area contributed by atoms with E-state index in [0.717, 1.165) is 24.3 Å². The minimum atomic E-state index is -0.415. The third kappa shape index (κ3) is 6.21. The number of furan rings is 1. The van der Waals surface area contributed by atoms with Crippen LogP contribution < -0.4 is 15.4 Å². The van der Waals surface area contributed by atoms with E-state index in [2.05, 4.69) is 38.7 Å². The average Bonchev–Trinajstić information content (AvgIpc) is 3.14. The summed E-state index contributed by atoms with van der Waals surface area (Å²) in [5.74, 6) is 0.547. The lowest BCUT2D eigenvalue weighted by Crippen LogP contribution is -2.33. The molecule has 28 heavy (non-hydrogen) atoms. The number of thiocarbonyl (C=S) groups is 1. The van der Waals surface area contributed by atoms with Crippen LogP contribution in [0.5, 0.6) is 5.75 Å². The highest BCUT2D eigenvalue weighted by molar-refractivity contribution is 9.10. The lowest BCUT2D eigenvalue weighted by atomic mass is 10.1. The van der Waals surface area contributed by atoms with E-state index < -0.39 is 5.91 Å². The Kier molecular flexibility index (Phi) is 7.22. The summed E-state index contributed by atoms with van der Waals surface area (Å²) in [6, 6.07) is 20.9. The summed E-state index contributed by atoms with van der Waals surface area (Å²) in [6.45, 7) is 0.648. The lowest BCUT2D eigenvalue weighted by Gasteiger charge is -2.10. The third-order valence-corrected chi connectivity index (χ3v) is 4.49. The minimum Gasteiger partial charge on any atom is -0.494 e. The van der Waals surface area contributed by atoms with E-state index in [1.807, 2.05) is 42.5 Å². The van der Waals surface area contributed by atoms with Crippen LogP contribution in [-0.2, 0) is 6.42 Å². The maximum Gasteiger partial charge on any atom is 0.293 e. The molecule has 2 aromatic carbocycles. The molecule has 0 aliphatic heterocycles. The zero-order chi connectivity index (χ0) is 19.8. The Morgan fingerprint density at radius 2 is 1.79 bits per heavy atom. The van der Waals surface area contributed by atoms with Crippen molar-refractivity contribution >= 4 is 44.9 Å². The van der Waals surface area contributed by atoms with Crippen LogP contribution in [0.3, 0.4) is 0 Å². The number of benzene rings is 2. The van der Waals surface area contributed by atoms with E-state index >= 15 is 0 Å². The van der Waals surface area contributed by atoms with Crippen LogP contribution in [0.15, 0.2) is 75.8 Å². The van der Waals surface area contributed by atoms with Gasteiger partial charge in [0.2, 0.25) is 0 Å². The summed E-state index contributed by atoms with van der Waals surface area (Å²) in [7, 11) is 0. The molecule has 3 aromatic rings. The smallest absolute Gasteiger partial charge is 0.293 e. The van der Waals surface area contributed by atoms with Gasteiger partial charge in [-0.05, 0) is 83.0 Å². The van der Waals surface area contributed by atoms with Crippen LogP contribution in [0.25, 0.3) is 0 Å². The van der Waals surface area contributed by atoms with Gasteiger partial charge in [-0.15, -0.1) is 0 Å². The molecule has 5 nitrogen and oxygen atoms in total. The van der Waals surface area contributed by atoms with E-state index in [-0.39, 0.29) is 10.9 Å². The first-order valence-electron chi connectivity index (χ1n) is 8.74. The van der Waals surface area contributed by atoms with Crippen molar-refractivity contribution in [3.05, 3.63) is 82.7 Å². The van der Waals surface area contributed by atoms with Crippen LogP contribution in [0.4, 0.5) is 5.69 Å². The Morgan fingerprint density at radius 3 is 2.46 bits per heavy atom. The molecule has 0 saturated carbocycles. The van der Waals surface area contributed by atoms with Crippen molar-refractivity contribution in [3.8, 4) is 5.75 Å². The first-order valence-corrected chi connectivity index (χ1v) is 9.95. The zero-order valence-electron chi connectivity index (χ0n) is 15.0. The first kappa shape index (κ1) is 20.1. The molecule has 7 heteroatoms. The Hall–Kier alpha value is -2.64. The van der Waals surface area contributed by atoms with Crippen molar-refractivity contribution in [3.63, 3.8) is 0 Å². The molecule has 1 amide bonds. The van der Waals surface area contributed by atoms with Crippen molar-refractivity contribution in [2.24, 2.45) is 0 Å². The maximum absolute atomic E-state index is 12.0. The molecule has 2 N–H and O–H groups in total. The molecular weight excluding hydrogens is 440 g/mol. The molecule has 0 bridgehead atoms. The van der Waals surface area contributed by atoms with Crippen molar-refractivity contribution in [1.29, 1.82) is 0 Å². The summed E-state index contributed by atoms with van der Waals surface area (Å²) in [4.78, 5) is 12.0. The first-order chi connectivity index (χ1) is 13.6. The Bertz CT molecular complexity index is 926. The highest BCUT2D eigenvalue weighted by Gasteiger charge is 2.12. The molecule has 0 spiro atoms. The normalized spacial score (nSPS) is 10.3. The minimum absolute atomic E-state index is 0.176. The number of hydrogen-bond donors (Lipinski definition) is 2. The molecule has 0 atom stereocenters. The topological polar surface area (TPSA) is 63.5 Å². The third-order valence-electron chi connectivity index (χ3n) is 3.86. The molecule has 0 aliphatic rings. The van der Waals surface area contributed by atoms with Gasteiger partial charge in [0, 0.05) is 5.69 Å². The summed E-state index contributed by atoms with van der Waals surface area (Å²) < 4.78 is 11.4. The van der Waals surface area contributed by atoms with Crippen LogP contribution >= 0.6 is 28.1 Å². The molecule has 3 rings (SSSR count). The van der Waals surface area contributed by atoms with Gasteiger partial charge in [0.15, 0.2) is 15.5 Å². The van der Waals surface area contributed by atoms with E-state index in [9.17, 15) is 4.79 Å². The molecule has 0 unspecified atom stereocenters. The number of anilines is 1. The number of aryl methyl sites for hydroxylation is 1. The van der Waals surface area contributed by atoms with Gasteiger partial charge in [-0.1, -0.05) is 30.3 Å². The summed E-state index contributed by atoms with van der Waals surface area (Å²) in [5, 5.41) is 5.71. The molecule has 0 radical (unpaired) electrons. The SMILES string of the molecule is O=C(NC(=S)Nc1ccc(OCCCc2ccccc2)cc1)c1ccc(Br)o1. The fourth-order valence-electron chi connectivity index (χ4n) is 2.51. The van der Waals surface area contributed by atoms with Gasteiger partial charge in [-0.2, -0.15) is 0 Å². The summed E-state index contributed by atoms with van der Waals surface area (Å²) in [5.41, 5.74) is 2.06. The van der Waals surface area contributed by atoms with Crippen molar-refractivity contribution < 1.29 is 13.9 Å². The summed E-state index contributed by atoms with van der Waals surface area (Å²) >= 11 is 8.31. The van der Waals surface area contributed by atoms with Crippen LogP contribution in [0.1, 0.15) is 22.5 Å². The molecule has 0 aliphatic carbocycles. The van der Waals surface area contributed by atoms with Crippen molar-refractivity contribution in [2.45, 2.75) is 12.8 Å². The molecule has 0 saturated heterocycles. The number of amides is 1. The fraction of sp³-hybridized carbons (Fsp3) is 0.143. The molecule has 1 aromatic heterocycles. The summed E-state index contributed by atoms with van der Waals surface area (Å²) in [6.07, 6.45) is 1.93. The highest BCUT2D eigenvalue weighted by atomic mass is 79.9. The predicted octanol–water partition coefficient (Wildman–Crippen LogP) is 5.18. The Balaban J connectivity index is 1.41. The number of rotatable bonds is 7. The van der Waals surface area contributed by atoms with Crippen LogP contribution in [0.2, 0.25) is 0 Å². The molecule has 144 valence electrons. The van der Waals surface area contributed by atoms with E-state index in [1.54, 1.807) is 12.1 Å². The van der Waals surface area contributed by atoms with Crippen molar-refractivity contribution in [2.75, 3.05) is 11.9 Å². The largest absolute Gasteiger partial charge is 0.494 e. The number of hydrogen-bond acceptors (Lipinski definition) is 4. The van der Waals surface area contributed by atoms with Gasteiger partial charge in [0.05, 0.1) is 6.61 Å². The van der Waals surface area contributed by atoms with E-state index in [4.69, 9.17) is 21.4 Å². The van der Waals surface area contributed by atoms with Gasteiger partial charge in [0.1, 0.15) is 5.75 Å². The van der Waals surface area contributed by atoms with Gasteiger partial charge >= 0.3 is 0 Å². The van der Waals surface area contributed by atoms with Gasteiger partial charge in [-0.25, -0.2) is 0 Å². The molecule has 0 fully saturated rings. The number of carbonyl (C=O) groups excluding carboxylic acids is 1. The average molecular weight is 459 g/mol. The van der Waals surface area contributed by atoms with Crippen LogP contribution in [0, 0.1) is 0 Å². The number of nitrogens with one attached hydrogen (secondary N) is 2. The number of ether oxygens (including phenoxy) is 1. The standard InChI is InChI=1S/C21H19BrN2O3S/c22-19-13-12-18(27-19)20(25)24-21(28)23-16-8-10-17(11-9-16)26-14-4-7-15-5-2-1-3-6-15/h1-3,5-6,8-13H,4,7,14H2,(H2,23,24,25,28).